The average molecular weight is 152 g/mol. The molecule has 0 spiro atoms. The predicted octanol–water partition coefficient (Wildman–Crippen LogP) is 0.214. The van der Waals surface area contributed by atoms with Crippen molar-refractivity contribution in [3.05, 3.63) is 12.3 Å². The number of hydrogen-bond donors (Lipinski definition) is 1. The molecule has 0 aromatic carbocycles. The Kier molecular flexibility index (Phi) is 1.21. The quantitative estimate of drug-likeness (QED) is 0.504. The van der Waals surface area contributed by atoms with Crippen LogP contribution in [-0.2, 0) is 4.79 Å². The predicted molar refractivity (Wildman–Crippen MR) is 37.5 cm³/mol. The minimum Gasteiger partial charge on any atom is -0.289 e. The first-order valence-corrected chi connectivity index (χ1v) is 3.59. The third kappa shape index (κ3) is 0.824. The van der Waals surface area contributed by atoms with Gasteiger partial charge in [0.1, 0.15) is 6.04 Å². The first-order chi connectivity index (χ1) is 5.29. The zero-order valence-electron chi connectivity index (χ0n) is 5.91. The molecule has 1 unspecified atom stereocenters. The van der Waals surface area contributed by atoms with E-state index in [1.54, 1.807) is 6.20 Å². The maximum atomic E-state index is 11.0. The topological polar surface area (TPSA) is 49.4 Å². The van der Waals surface area contributed by atoms with Crippen LogP contribution in [0, 0.1) is 0 Å². The van der Waals surface area contributed by atoms with E-state index in [0.717, 1.165) is 12.8 Å². The summed E-state index contributed by atoms with van der Waals surface area (Å²) >= 11 is 0. The Labute approximate surface area is 63.9 Å². The molecule has 3 amide bonds. The summed E-state index contributed by atoms with van der Waals surface area (Å²) in [6.45, 7) is 0. The van der Waals surface area contributed by atoms with E-state index in [0.29, 0.717) is 0 Å². The molecule has 2 aliphatic heterocycles. The normalized spacial score (nSPS) is 28.7. The van der Waals surface area contributed by atoms with Crippen molar-refractivity contribution >= 4 is 11.9 Å². The smallest absolute Gasteiger partial charge is 0.289 e. The maximum Gasteiger partial charge on any atom is 0.328 e. The van der Waals surface area contributed by atoms with Gasteiger partial charge in [-0.05, 0) is 12.8 Å². The zero-order valence-corrected chi connectivity index (χ0v) is 5.91. The third-order valence-corrected chi connectivity index (χ3v) is 1.98. The van der Waals surface area contributed by atoms with Crippen molar-refractivity contribution in [2.24, 2.45) is 0 Å². The second-order valence-corrected chi connectivity index (χ2v) is 2.68. The molecule has 0 aromatic heterocycles. The van der Waals surface area contributed by atoms with Crippen LogP contribution in [-0.4, -0.2) is 22.9 Å². The highest BCUT2D eigenvalue weighted by molar-refractivity contribution is 6.04. The molecule has 0 bridgehead atoms. The molecule has 0 saturated carbocycles. The van der Waals surface area contributed by atoms with E-state index in [9.17, 15) is 9.59 Å². The maximum absolute atomic E-state index is 11.0. The van der Waals surface area contributed by atoms with Crippen molar-refractivity contribution in [1.29, 1.82) is 0 Å². The van der Waals surface area contributed by atoms with Gasteiger partial charge in [0.05, 0.1) is 0 Å². The molecule has 1 fully saturated rings. The number of imide groups is 1. The van der Waals surface area contributed by atoms with Crippen LogP contribution in [0.4, 0.5) is 4.79 Å². The molecule has 2 aliphatic rings. The number of allylic oxidation sites excluding steroid dienone is 1. The zero-order chi connectivity index (χ0) is 7.84. The Morgan fingerprint density at radius 3 is 3.09 bits per heavy atom. The van der Waals surface area contributed by atoms with Crippen LogP contribution in [0.3, 0.4) is 0 Å². The highest BCUT2D eigenvalue weighted by atomic mass is 16.2. The minimum absolute atomic E-state index is 0.167. The fourth-order valence-corrected chi connectivity index (χ4v) is 1.41. The summed E-state index contributed by atoms with van der Waals surface area (Å²) in [6, 6.07) is -0.538. The molecule has 58 valence electrons. The second-order valence-electron chi connectivity index (χ2n) is 2.68. The van der Waals surface area contributed by atoms with Crippen molar-refractivity contribution < 1.29 is 9.59 Å². The number of amides is 3. The number of carbonyl (C=O) groups excluding carboxylic acids is 2. The summed E-state index contributed by atoms with van der Waals surface area (Å²) in [7, 11) is 0. The summed E-state index contributed by atoms with van der Waals surface area (Å²) in [5.41, 5.74) is 0. The van der Waals surface area contributed by atoms with Crippen molar-refractivity contribution in [1.82, 2.24) is 10.2 Å². The summed E-state index contributed by atoms with van der Waals surface area (Å²) < 4.78 is 0. The molecular formula is C7H8N2O2. The van der Waals surface area contributed by atoms with Gasteiger partial charge in [-0.3, -0.25) is 15.0 Å². The summed E-state index contributed by atoms with van der Waals surface area (Å²) in [5, 5.41) is 2.26. The molecule has 0 aromatic rings. The Bertz CT molecular complexity index is 247. The average Bonchev–Trinajstić information content (AvgIpc) is 2.30. The molecule has 1 N–H and O–H groups in total. The van der Waals surface area contributed by atoms with E-state index < -0.39 is 0 Å². The van der Waals surface area contributed by atoms with Crippen LogP contribution in [0.5, 0.6) is 0 Å². The molecule has 1 saturated heterocycles. The van der Waals surface area contributed by atoms with Crippen LogP contribution in [0.15, 0.2) is 12.3 Å². The number of fused-ring (bicyclic) bond motifs is 1. The van der Waals surface area contributed by atoms with Crippen molar-refractivity contribution in [3.8, 4) is 0 Å². The summed E-state index contributed by atoms with van der Waals surface area (Å²) in [5.74, 6) is -0.167. The van der Waals surface area contributed by atoms with Gasteiger partial charge in [-0.1, -0.05) is 6.08 Å². The highest BCUT2D eigenvalue weighted by Gasteiger charge is 2.37. The lowest BCUT2D eigenvalue weighted by Crippen LogP contribution is -2.32. The van der Waals surface area contributed by atoms with Crippen LogP contribution in [0.1, 0.15) is 12.8 Å². The van der Waals surface area contributed by atoms with E-state index in [2.05, 4.69) is 5.32 Å². The molecule has 11 heavy (non-hydrogen) atoms. The van der Waals surface area contributed by atoms with Gasteiger partial charge >= 0.3 is 6.03 Å². The van der Waals surface area contributed by atoms with Crippen LogP contribution < -0.4 is 5.32 Å². The van der Waals surface area contributed by atoms with E-state index in [1.807, 2.05) is 6.08 Å². The lowest BCUT2D eigenvalue weighted by atomic mass is 10.1. The number of carbonyl (C=O) groups is 2. The number of hydrogen-bond acceptors (Lipinski definition) is 2. The number of rotatable bonds is 0. The fraction of sp³-hybridized carbons (Fsp3) is 0.429. The Hall–Kier alpha value is -1.32. The minimum atomic E-state index is -0.295. The van der Waals surface area contributed by atoms with Gasteiger partial charge in [0.2, 0.25) is 0 Å². The largest absolute Gasteiger partial charge is 0.328 e. The monoisotopic (exact) mass is 152 g/mol. The summed E-state index contributed by atoms with van der Waals surface area (Å²) in [6.07, 6.45) is 5.19. The van der Waals surface area contributed by atoms with E-state index >= 15 is 0 Å². The lowest BCUT2D eigenvalue weighted by molar-refractivity contribution is -0.121. The second kappa shape index (κ2) is 2.08. The van der Waals surface area contributed by atoms with Gasteiger partial charge in [0, 0.05) is 6.20 Å². The van der Waals surface area contributed by atoms with Crippen molar-refractivity contribution in [3.63, 3.8) is 0 Å². The van der Waals surface area contributed by atoms with Gasteiger partial charge in [0.15, 0.2) is 0 Å². The highest BCUT2D eigenvalue weighted by Crippen LogP contribution is 2.18. The molecule has 0 aliphatic carbocycles. The molecule has 1 atom stereocenters. The molecule has 2 rings (SSSR count). The van der Waals surface area contributed by atoms with Gasteiger partial charge in [0.25, 0.3) is 5.91 Å². The Morgan fingerprint density at radius 1 is 1.55 bits per heavy atom. The standard InChI is InChI=1S/C7H8N2O2/c10-6-5-3-1-2-4-9(5)7(11)8-6/h2,4-5H,1,3H2,(H,8,10,11). The van der Waals surface area contributed by atoms with Crippen LogP contribution >= 0.6 is 0 Å². The molecule has 4 heteroatoms. The Morgan fingerprint density at radius 2 is 2.36 bits per heavy atom. The van der Waals surface area contributed by atoms with Gasteiger partial charge in [-0.25, -0.2) is 4.79 Å². The van der Waals surface area contributed by atoms with Gasteiger partial charge < -0.3 is 0 Å². The van der Waals surface area contributed by atoms with E-state index in [-0.39, 0.29) is 18.0 Å². The molecular weight excluding hydrogens is 144 g/mol. The third-order valence-electron chi connectivity index (χ3n) is 1.98. The molecule has 2 heterocycles. The van der Waals surface area contributed by atoms with Gasteiger partial charge in [-0.2, -0.15) is 0 Å². The van der Waals surface area contributed by atoms with Crippen molar-refractivity contribution in [2.75, 3.05) is 0 Å². The number of urea groups is 1. The molecule has 4 nitrogen and oxygen atoms in total. The summed E-state index contributed by atoms with van der Waals surface area (Å²) in [4.78, 5) is 23.4. The van der Waals surface area contributed by atoms with E-state index in [1.165, 1.54) is 4.90 Å². The molecule has 0 radical (unpaired) electrons. The Balaban J connectivity index is 2.30. The van der Waals surface area contributed by atoms with Gasteiger partial charge in [-0.15, -0.1) is 0 Å². The van der Waals surface area contributed by atoms with Crippen LogP contribution in [0.25, 0.3) is 0 Å². The van der Waals surface area contributed by atoms with Crippen LogP contribution in [0.2, 0.25) is 0 Å². The number of nitrogens with zero attached hydrogens (tertiary/aromatic N) is 1. The fourth-order valence-electron chi connectivity index (χ4n) is 1.41. The first kappa shape index (κ1) is 6.39. The lowest BCUT2D eigenvalue weighted by Gasteiger charge is -2.20. The number of nitrogens with one attached hydrogen (secondary N) is 1. The van der Waals surface area contributed by atoms with Crippen molar-refractivity contribution in [2.45, 2.75) is 18.9 Å². The van der Waals surface area contributed by atoms with E-state index in [4.69, 9.17) is 0 Å². The SMILES string of the molecule is O=C1NC(=O)N2C=CCCC12. The first-order valence-electron chi connectivity index (χ1n) is 3.59.